The number of anilines is 1. The molecule has 0 radical (unpaired) electrons. The van der Waals surface area contributed by atoms with Crippen LogP contribution in [0.2, 0.25) is 0 Å². The zero-order valence-corrected chi connectivity index (χ0v) is 13.4. The highest BCUT2D eigenvalue weighted by Crippen LogP contribution is 2.35. The van der Waals surface area contributed by atoms with E-state index in [1.807, 2.05) is 60.7 Å². The van der Waals surface area contributed by atoms with Crippen LogP contribution < -0.4 is 4.90 Å². The van der Waals surface area contributed by atoms with E-state index in [0.717, 1.165) is 16.0 Å². The molecular weight excluding hydrogens is 304 g/mol. The van der Waals surface area contributed by atoms with E-state index in [4.69, 9.17) is 4.42 Å². The maximum absolute atomic E-state index is 11.8. The molecule has 0 aliphatic carbocycles. The van der Waals surface area contributed by atoms with E-state index in [1.54, 1.807) is 0 Å². The summed E-state index contributed by atoms with van der Waals surface area (Å²) in [5.41, 5.74) is 2.25. The smallest absolute Gasteiger partial charge is 0.312 e. The fourth-order valence-corrected chi connectivity index (χ4v) is 2.47. The molecule has 0 spiro atoms. The van der Waals surface area contributed by atoms with E-state index in [2.05, 4.69) is 4.98 Å². The summed E-state index contributed by atoms with van der Waals surface area (Å²) in [4.78, 5) is 28.9. The first-order valence-electron chi connectivity index (χ1n) is 7.51. The van der Waals surface area contributed by atoms with Crippen LogP contribution in [0.4, 0.5) is 6.01 Å². The third-order valence-electron chi connectivity index (χ3n) is 3.52. The van der Waals surface area contributed by atoms with Crippen molar-refractivity contribution in [3.8, 4) is 22.6 Å². The number of oxazole rings is 1. The number of amides is 2. The first kappa shape index (κ1) is 15.7. The van der Waals surface area contributed by atoms with Gasteiger partial charge in [-0.1, -0.05) is 60.7 Å². The van der Waals surface area contributed by atoms with Crippen LogP contribution in [0.15, 0.2) is 65.1 Å². The average Bonchev–Trinajstić information content (AvgIpc) is 3.00. The predicted molar refractivity (Wildman–Crippen MR) is 91.2 cm³/mol. The molecule has 0 N–H and O–H groups in total. The van der Waals surface area contributed by atoms with Crippen LogP contribution in [0.5, 0.6) is 0 Å². The molecule has 5 nitrogen and oxygen atoms in total. The number of hydrogen-bond donors (Lipinski definition) is 0. The van der Waals surface area contributed by atoms with Crippen LogP contribution in [-0.2, 0) is 9.59 Å². The lowest BCUT2D eigenvalue weighted by atomic mass is 10.1. The van der Waals surface area contributed by atoms with E-state index in [0.29, 0.717) is 11.5 Å². The molecule has 2 amide bonds. The molecule has 0 saturated carbocycles. The van der Waals surface area contributed by atoms with Crippen LogP contribution in [0.3, 0.4) is 0 Å². The molecule has 1 aromatic heterocycles. The molecule has 0 atom stereocenters. The second kappa shape index (κ2) is 6.50. The van der Waals surface area contributed by atoms with E-state index in [-0.39, 0.29) is 6.01 Å². The second-order valence-corrected chi connectivity index (χ2v) is 5.28. The molecule has 0 bridgehead atoms. The Labute approximate surface area is 139 Å². The van der Waals surface area contributed by atoms with Gasteiger partial charge in [0.25, 0.3) is 0 Å². The molecule has 0 unspecified atom stereocenters. The third kappa shape index (κ3) is 2.96. The minimum atomic E-state index is -0.442. The molecule has 3 aromatic rings. The van der Waals surface area contributed by atoms with Crippen LogP contribution in [-0.4, -0.2) is 16.8 Å². The van der Waals surface area contributed by atoms with Crippen molar-refractivity contribution in [3.63, 3.8) is 0 Å². The van der Waals surface area contributed by atoms with Gasteiger partial charge in [0.15, 0.2) is 5.76 Å². The lowest BCUT2D eigenvalue weighted by Gasteiger charge is -2.11. The lowest BCUT2D eigenvalue weighted by molar-refractivity contribution is -0.124. The number of hydrogen-bond acceptors (Lipinski definition) is 4. The van der Waals surface area contributed by atoms with E-state index in [1.165, 1.54) is 13.8 Å². The highest BCUT2D eigenvalue weighted by Gasteiger charge is 2.25. The van der Waals surface area contributed by atoms with Gasteiger partial charge in [-0.15, -0.1) is 0 Å². The number of benzene rings is 2. The Bertz CT molecular complexity index is 799. The predicted octanol–water partition coefficient (Wildman–Crippen LogP) is 3.91. The van der Waals surface area contributed by atoms with E-state index >= 15 is 0 Å². The Kier molecular flexibility index (Phi) is 4.24. The van der Waals surface area contributed by atoms with Gasteiger partial charge in [-0.25, -0.2) is 4.90 Å². The molecule has 24 heavy (non-hydrogen) atoms. The summed E-state index contributed by atoms with van der Waals surface area (Å²) in [6.07, 6.45) is 0. The summed E-state index contributed by atoms with van der Waals surface area (Å²) < 4.78 is 5.81. The van der Waals surface area contributed by atoms with Crippen molar-refractivity contribution in [2.24, 2.45) is 0 Å². The number of aromatic nitrogens is 1. The third-order valence-corrected chi connectivity index (χ3v) is 3.52. The van der Waals surface area contributed by atoms with Crippen molar-refractivity contribution in [3.05, 3.63) is 60.7 Å². The molecule has 0 saturated heterocycles. The van der Waals surface area contributed by atoms with Gasteiger partial charge in [-0.05, 0) is 0 Å². The van der Waals surface area contributed by atoms with Crippen molar-refractivity contribution in [2.45, 2.75) is 13.8 Å². The molecular formula is C19H16N2O3. The zero-order chi connectivity index (χ0) is 17.1. The Balaban J connectivity index is 2.20. The van der Waals surface area contributed by atoms with Gasteiger partial charge in [0.1, 0.15) is 5.69 Å². The van der Waals surface area contributed by atoms with Crippen molar-refractivity contribution in [1.82, 2.24) is 4.98 Å². The maximum atomic E-state index is 11.8. The molecule has 2 aromatic carbocycles. The van der Waals surface area contributed by atoms with E-state index in [9.17, 15) is 9.59 Å². The topological polar surface area (TPSA) is 63.4 Å². The summed E-state index contributed by atoms with van der Waals surface area (Å²) in [7, 11) is 0. The van der Waals surface area contributed by atoms with Crippen molar-refractivity contribution < 1.29 is 14.0 Å². The maximum Gasteiger partial charge on any atom is 0.312 e. The number of imide groups is 1. The van der Waals surface area contributed by atoms with Gasteiger partial charge in [0, 0.05) is 25.0 Å². The Morgan fingerprint density at radius 2 is 1.33 bits per heavy atom. The summed E-state index contributed by atoms with van der Waals surface area (Å²) in [5.74, 6) is -0.366. The average molecular weight is 320 g/mol. The SMILES string of the molecule is CC(=O)N(C(C)=O)c1nc(-c2ccccc2)c(-c2ccccc2)o1. The van der Waals surface area contributed by atoms with Crippen molar-refractivity contribution in [1.29, 1.82) is 0 Å². The van der Waals surface area contributed by atoms with Gasteiger partial charge in [0.05, 0.1) is 0 Å². The standard InChI is InChI=1S/C19H16N2O3/c1-13(22)21(14(2)23)19-20-17(15-9-5-3-6-10-15)18(24-19)16-11-7-4-8-12-16/h3-12H,1-2H3. The molecule has 1 heterocycles. The molecule has 120 valence electrons. The summed E-state index contributed by atoms with van der Waals surface area (Å²) in [6.45, 7) is 2.60. The number of carbonyl (C=O) groups is 2. The first-order valence-corrected chi connectivity index (χ1v) is 7.51. The van der Waals surface area contributed by atoms with Crippen LogP contribution in [0.1, 0.15) is 13.8 Å². The van der Waals surface area contributed by atoms with Crippen LogP contribution in [0.25, 0.3) is 22.6 Å². The Hall–Kier alpha value is -3.21. The first-order chi connectivity index (χ1) is 11.6. The van der Waals surface area contributed by atoms with Crippen LogP contribution >= 0.6 is 0 Å². The summed E-state index contributed by atoms with van der Waals surface area (Å²) in [6, 6.07) is 18.9. The Morgan fingerprint density at radius 3 is 1.83 bits per heavy atom. The molecule has 5 heteroatoms. The second-order valence-electron chi connectivity index (χ2n) is 5.28. The van der Waals surface area contributed by atoms with Gasteiger partial charge >= 0.3 is 6.01 Å². The van der Waals surface area contributed by atoms with Gasteiger partial charge < -0.3 is 4.42 Å². The van der Waals surface area contributed by atoms with Gasteiger partial charge in [-0.2, -0.15) is 4.98 Å². The molecule has 0 aliphatic rings. The zero-order valence-electron chi connectivity index (χ0n) is 13.4. The van der Waals surface area contributed by atoms with Crippen LogP contribution in [0, 0.1) is 0 Å². The molecule has 3 rings (SSSR count). The largest absolute Gasteiger partial charge is 0.422 e. The number of nitrogens with zero attached hydrogens (tertiary/aromatic N) is 2. The molecule has 0 fully saturated rings. The monoisotopic (exact) mass is 320 g/mol. The van der Waals surface area contributed by atoms with E-state index < -0.39 is 11.8 Å². The number of carbonyl (C=O) groups excluding carboxylic acids is 2. The highest BCUT2D eigenvalue weighted by molar-refractivity contribution is 6.11. The summed E-state index contributed by atoms with van der Waals surface area (Å²) >= 11 is 0. The lowest BCUT2D eigenvalue weighted by Crippen LogP contribution is -2.33. The summed E-state index contributed by atoms with van der Waals surface area (Å²) in [5, 5.41) is 0. The minimum Gasteiger partial charge on any atom is -0.422 e. The fraction of sp³-hybridized carbons (Fsp3) is 0.105. The normalized spacial score (nSPS) is 10.4. The van der Waals surface area contributed by atoms with Gasteiger partial charge in [-0.3, -0.25) is 9.59 Å². The minimum absolute atomic E-state index is 0.0206. The molecule has 0 aliphatic heterocycles. The fourth-order valence-electron chi connectivity index (χ4n) is 2.47. The quantitative estimate of drug-likeness (QED) is 0.734. The number of rotatable bonds is 3. The van der Waals surface area contributed by atoms with Gasteiger partial charge in [0.2, 0.25) is 11.8 Å². The Morgan fingerprint density at radius 1 is 0.833 bits per heavy atom. The van der Waals surface area contributed by atoms with Crippen molar-refractivity contribution >= 4 is 17.8 Å². The highest BCUT2D eigenvalue weighted by atomic mass is 16.4. The van der Waals surface area contributed by atoms with Crippen molar-refractivity contribution in [2.75, 3.05) is 4.90 Å².